The summed E-state index contributed by atoms with van der Waals surface area (Å²) in [6.07, 6.45) is 3.94. The Kier molecular flexibility index (Phi) is 5.86. The zero-order chi connectivity index (χ0) is 14.4. The Hall–Kier alpha value is -1.07. The molecule has 3 nitrogen and oxygen atoms in total. The largest absolute Gasteiger partial charge is 0.480 e. The standard InChI is InChI=1S/C15H20FNO2S/c16-12-5-7-13(8-6-12)20-11-10-17-9-3-1-2-4-14(17)15(18)19/h5-8,14H,1-4,9-11H2,(H,18,19). The summed E-state index contributed by atoms with van der Waals surface area (Å²) in [7, 11) is 0. The van der Waals surface area contributed by atoms with Crippen molar-refractivity contribution < 1.29 is 14.3 Å². The zero-order valence-corrected chi connectivity index (χ0v) is 12.2. The fourth-order valence-electron chi connectivity index (χ4n) is 2.53. The van der Waals surface area contributed by atoms with Crippen molar-refractivity contribution >= 4 is 17.7 Å². The van der Waals surface area contributed by atoms with E-state index in [2.05, 4.69) is 4.90 Å². The van der Waals surface area contributed by atoms with Gasteiger partial charge in [0.25, 0.3) is 0 Å². The van der Waals surface area contributed by atoms with E-state index in [9.17, 15) is 14.3 Å². The van der Waals surface area contributed by atoms with Gasteiger partial charge in [-0.05, 0) is 43.7 Å². The van der Waals surface area contributed by atoms with Gasteiger partial charge in [0, 0.05) is 17.2 Å². The van der Waals surface area contributed by atoms with E-state index < -0.39 is 5.97 Å². The summed E-state index contributed by atoms with van der Waals surface area (Å²) in [6.45, 7) is 1.62. The van der Waals surface area contributed by atoms with Crippen LogP contribution in [0.2, 0.25) is 0 Å². The van der Waals surface area contributed by atoms with Gasteiger partial charge < -0.3 is 5.11 Å². The third-order valence-electron chi connectivity index (χ3n) is 3.61. The molecule has 1 aliphatic rings. The fraction of sp³-hybridized carbons (Fsp3) is 0.533. The average molecular weight is 297 g/mol. The molecule has 1 unspecified atom stereocenters. The number of carbonyl (C=O) groups is 1. The molecule has 0 aromatic heterocycles. The van der Waals surface area contributed by atoms with Gasteiger partial charge in [-0.25, -0.2) is 4.39 Å². The second-order valence-corrected chi connectivity index (χ2v) is 6.21. The van der Waals surface area contributed by atoms with Crippen LogP contribution in [-0.2, 0) is 4.79 Å². The second-order valence-electron chi connectivity index (χ2n) is 5.04. The first-order valence-corrected chi connectivity index (χ1v) is 8.00. The van der Waals surface area contributed by atoms with Crippen LogP contribution in [-0.4, -0.2) is 40.9 Å². The van der Waals surface area contributed by atoms with E-state index in [0.717, 1.165) is 49.4 Å². The van der Waals surface area contributed by atoms with E-state index in [1.165, 1.54) is 12.1 Å². The van der Waals surface area contributed by atoms with Gasteiger partial charge in [-0.1, -0.05) is 12.8 Å². The zero-order valence-electron chi connectivity index (χ0n) is 11.4. The molecule has 1 heterocycles. The van der Waals surface area contributed by atoms with Gasteiger partial charge in [0.1, 0.15) is 11.9 Å². The number of carboxylic acid groups (broad SMARTS) is 1. The highest BCUT2D eigenvalue weighted by molar-refractivity contribution is 7.99. The number of hydrogen-bond donors (Lipinski definition) is 1. The lowest BCUT2D eigenvalue weighted by Crippen LogP contribution is -2.41. The predicted octanol–water partition coefficient (Wildman–Crippen LogP) is 3.25. The molecule has 0 spiro atoms. The molecule has 1 N–H and O–H groups in total. The van der Waals surface area contributed by atoms with E-state index in [-0.39, 0.29) is 11.9 Å². The lowest BCUT2D eigenvalue weighted by atomic mass is 10.1. The van der Waals surface area contributed by atoms with Gasteiger partial charge in [-0.15, -0.1) is 11.8 Å². The van der Waals surface area contributed by atoms with Crippen molar-refractivity contribution in [2.24, 2.45) is 0 Å². The highest BCUT2D eigenvalue weighted by Gasteiger charge is 2.26. The Morgan fingerprint density at radius 3 is 2.75 bits per heavy atom. The molecule has 5 heteroatoms. The SMILES string of the molecule is O=C(O)C1CCCCCN1CCSc1ccc(F)cc1. The Morgan fingerprint density at radius 2 is 2.05 bits per heavy atom. The molecule has 110 valence electrons. The number of thioether (sulfide) groups is 1. The summed E-state index contributed by atoms with van der Waals surface area (Å²) in [5.74, 6) is -0.110. The molecule has 2 rings (SSSR count). The lowest BCUT2D eigenvalue weighted by Gasteiger charge is -2.26. The molecule has 1 fully saturated rings. The fourth-order valence-corrected chi connectivity index (χ4v) is 3.42. The highest BCUT2D eigenvalue weighted by atomic mass is 32.2. The number of halogens is 1. The van der Waals surface area contributed by atoms with Gasteiger partial charge in [0.2, 0.25) is 0 Å². The number of aliphatic carboxylic acids is 1. The van der Waals surface area contributed by atoms with Crippen LogP contribution in [0.4, 0.5) is 4.39 Å². The van der Waals surface area contributed by atoms with Crippen molar-refractivity contribution in [1.29, 1.82) is 0 Å². The second kappa shape index (κ2) is 7.64. The minimum absolute atomic E-state index is 0.229. The molecule has 0 radical (unpaired) electrons. The van der Waals surface area contributed by atoms with Crippen LogP contribution in [0.25, 0.3) is 0 Å². The number of hydrogen-bond acceptors (Lipinski definition) is 3. The Morgan fingerprint density at radius 1 is 1.30 bits per heavy atom. The highest BCUT2D eigenvalue weighted by Crippen LogP contribution is 2.21. The number of carboxylic acids is 1. The first-order chi connectivity index (χ1) is 9.66. The average Bonchev–Trinajstić information content (AvgIpc) is 2.66. The van der Waals surface area contributed by atoms with Gasteiger partial charge in [0.05, 0.1) is 0 Å². The van der Waals surface area contributed by atoms with Crippen molar-refractivity contribution in [3.63, 3.8) is 0 Å². The van der Waals surface area contributed by atoms with Crippen LogP contribution in [0.15, 0.2) is 29.2 Å². The van der Waals surface area contributed by atoms with Crippen LogP contribution in [0.1, 0.15) is 25.7 Å². The Bertz CT molecular complexity index is 438. The molecule has 1 aliphatic heterocycles. The molecule has 0 bridgehead atoms. The lowest BCUT2D eigenvalue weighted by molar-refractivity contribution is -0.143. The number of nitrogens with zero attached hydrogens (tertiary/aromatic N) is 1. The van der Waals surface area contributed by atoms with Crippen LogP contribution in [0.3, 0.4) is 0 Å². The summed E-state index contributed by atoms with van der Waals surface area (Å²) >= 11 is 1.64. The number of likely N-dealkylation sites (tertiary alicyclic amines) is 1. The van der Waals surface area contributed by atoms with E-state index in [1.54, 1.807) is 23.9 Å². The first-order valence-electron chi connectivity index (χ1n) is 7.02. The Labute approximate surface area is 123 Å². The quantitative estimate of drug-likeness (QED) is 0.847. The summed E-state index contributed by atoms with van der Waals surface area (Å²) in [5, 5.41) is 9.29. The smallest absolute Gasteiger partial charge is 0.320 e. The topological polar surface area (TPSA) is 40.5 Å². The van der Waals surface area contributed by atoms with Crippen molar-refractivity contribution in [2.45, 2.75) is 36.6 Å². The van der Waals surface area contributed by atoms with Crippen molar-refractivity contribution in [2.75, 3.05) is 18.8 Å². The molecular weight excluding hydrogens is 277 g/mol. The van der Waals surface area contributed by atoms with Crippen LogP contribution < -0.4 is 0 Å². The molecule has 0 aliphatic carbocycles. The maximum absolute atomic E-state index is 12.8. The molecule has 20 heavy (non-hydrogen) atoms. The third-order valence-corrected chi connectivity index (χ3v) is 4.60. The van der Waals surface area contributed by atoms with Crippen molar-refractivity contribution in [3.8, 4) is 0 Å². The van der Waals surface area contributed by atoms with E-state index in [4.69, 9.17) is 0 Å². The monoisotopic (exact) mass is 297 g/mol. The molecule has 1 aromatic carbocycles. The maximum Gasteiger partial charge on any atom is 0.320 e. The van der Waals surface area contributed by atoms with Gasteiger partial charge in [-0.3, -0.25) is 9.69 Å². The van der Waals surface area contributed by atoms with Crippen LogP contribution in [0, 0.1) is 5.82 Å². The summed E-state index contributed by atoms with van der Waals surface area (Å²) in [5.41, 5.74) is 0. The van der Waals surface area contributed by atoms with E-state index in [0.29, 0.717) is 0 Å². The molecule has 0 amide bonds. The number of rotatable bonds is 5. The van der Waals surface area contributed by atoms with Crippen molar-refractivity contribution in [3.05, 3.63) is 30.1 Å². The number of benzene rings is 1. The molecule has 1 aromatic rings. The van der Waals surface area contributed by atoms with Crippen LogP contribution >= 0.6 is 11.8 Å². The Balaban J connectivity index is 1.84. The summed E-state index contributed by atoms with van der Waals surface area (Å²) < 4.78 is 12.8. The minimum atomic E-state index is -0.710. The molecule has 0 saturated carbocycles. The van der Waals surface area contributed by atoms with E-state index in [1.807, 2.05) is 0 Å². The maximum atomic E-state index is 12.8. The molecule has 1 atom stereocenters. The van der Waals surface area contributed by atoms with Gasteiger partial charge in [-0.2, -0.15) is 0 Å². The van der Waals surface area contributed by atoms with Gasteiger partial charge in [0.15, 0.2) is 0 Å². The summed E-state index contributed by atoms with van der Waals surface area (Å²) in [4.78, 5) is 14.4. The summed E-state index contributed by atoms with van der Waals surface area (Å²) in [6, 6.07) is 6.09. The van der Waals surface area contributed by atoms with E-state index >= 15 is 0 Å². The van der Waals surface area contributed by atoms with Crippen molar-refractivity contribution in [1.82, 2.24) is 4.90 Å². The first kappa shape index (κ1) is 15.3. The third kappa shape index (κ3) is 4.49. The van der Waals surface area contributed by atoms with Crippen LogP contribution in [0.5, 0.6) is 0 Å². The molecular formula is C15H20FNO2S. The minimum Gasteiger partial charge on any atom is -0.480 e. The molecule has 1 saturated heterocycles. The normalized spacial score (nSPS) is 20.6. The predicted molar refractivity (Wildman–Crippen MR) is 78.6 cm³/mol. The van der Waals surface area contributed by atoms with Gasteiger partial charge >= 0.3 is 5.97 Å².